The second-order valence-corrected chi connectivity index (χ2v) is 3.49. The van der Waals surface area contributed by atoms with Crippen molar-refractivity contribution in [1.82, 2.24) is 0 Å². The Morgan fingerprint density at radius 1 is 0.533 bits per heavy atom. The molecular weight excluding hydrogens is 184 g/mol. The predicted molar refractivity (Wildman–Crippen MR) is 60.8 cm³/mol. The lowest BCUT2D eigenvalue weighted by molar-refractivity contribution is 0.586. The largest absolute Gasteiger partial charge is 0.448 e. The highest BCUT2D eigenvalue weighted by molar-refractivity contribution is 5.96. The summed E-state index contributed by atoms with van der Waals surface area (Å²) >= 11 is 0. The molecule has 2 aromatic carbocycles. The third-order valence-electron chi connectivity index (χ3n) is 2.44. The maximum Gasteiger partial charge on any atom is 0.178 e. The fraction of sp³-hybridized carbons (Fsp3) is 0. The zero-order valence-corrected chi connectivity index (χ0v) is 8.18. The minimum atomic E-state index is 1.00. The zero-order chi connectivity index (χ0) is 10.1. The topological polar surface area (TPSA) is 12.5 Å². The number of ether oxygens (including phenoxy) is 1. The van der Waals surface area contributed by atoms with E-state index >= 15 is 0 Å². The number of rotatable bonds is 2. The summed E-state index contributed by atoms with van der Waals surface area (Å²) in [7, 11) is 0. The lowest BCUT2D eigenvalue weighted by atomic mass is 10.1. The minimum absolute atomic E-state index is 1.00. The Labute approximate surface area is 88.6 Å². The molecule has 15 heavy (non-hydrogen) atoms. The van der Waals surface area contributed by atoms with Gasteiger partial charge in [0.05, 0.1) is 0 Å². The van der Waals surface area contributed by atoms with Gasteiger partial charge in [0.1, 0.15) is 0 Å². The van der Waals surface area contributed by atoms with Crippen molar-refractivity contribution in [3.05, 3.63) is 71.8 Å². The van der Waals surface area contributed by atoms with Crippen LogP contribution in [0, 0.1) is 0 Å². The fourth-order valence-corrected chi connectivity index (χ4v) is 1.64. The van der Waals surface area contributed by atoms with Crippen LogP contribution in [-0.2, 0) is 4.74 Å². The van der Waals surface area contributed by atoms with Gasteiger partial charge in [-0.15, -0.1) is 0 Å². The molecule has 0 atom stereocenters. The van der Waals surface area contributed by atoms with Crippen LogP contribution in [-0.4, -0.2) is 0 Å². The Balaban J connectivity index is 1.97. The number of hydrogen-bond acceptors (Lipinski definition) is 1. The molecule has 0 N–H and O–H groups in total. The Morgan fingerprint density at radius 2 is 0.933 bits per heavy atom. The highest BCUT2D eigenvalue weighted by Gasteiger charge is 2.27. The van der Waals surface area contributed by atoms with Crippen molar-refractivity contribution in [3.63, 3.8) is 0 Å². The fourth-order valence-electron chi connectivity index (χ4n) is 1.64. The van der Waals surface area contributed by atoms with Gasteiger partial charge in [0, 0.05) is 11.1 Å². The molecule has 0 fully saturated rings. The lowest BCUT2D eigenvalue weighted by Gasteiger charge is -1.86. The van der Waals surface area contributed by atoms with Gasteiger partial charge in [0.15, 0.2) is 11.5 Å². The Hall–Kier alpha value is -2.02. The van der Waals surface area contributed by atoms with Crippen molar-refractivity contribution < 1.29 is 4.74 Å². The number of benzene rings is 2. The first-order chi connectivity index (χ1) is 7.45. The SMILES string of the molecule is c1ccc(C2=C(c3ccccc3)O2)cc1. The van der Waals surface area contributed by atoms with Crippen LogP contribution in [0.2, 0.25) is 0 Å². The van der Waals surface area contributed by atoms with Gasteiger partial charge in [0.25, 0.3) is 0 Å². The summed E-state index contributed by atoms with van der Waals surface area (Å²) in [5.41, 5.74) is 2.30. The molecule has 1 aliphatic rings. The van der Waals surface area contributed by atoms with Gasteiger partial charge in [-0.1, -0.05) is 60.7 Å². The summed E-state index contributed by atoms with van der Waals surface area (Å²) in [5, 5.41) is 0. The summed E-state index contributed by atoms with van der Waals surface area (Å²) < 4.78 is 5.52. The van der Waals surface area contributed by atoms with Crippen LogP contribution in [0.25, 0.3) is 11.5 Å². The predicted octanol–water partition coefficient (Wildman–Crippen LogP) is 3.54. The third kappa shape index (κ3) is 1.52. The first kappa shape index (κ1) is 8.30. The van der Waals surface area contributed by atoms with E-state index in [0.29, 0.717) is 0 Å². The normalized spacial score (nSPS) is 13.6. The molecule has 1 nitrogen and oxygen atoms in total. The van der Waals surface area contributed by atoms with E-state index in [1.54, 1.807) is 0 Å². The van der Waals surface area contributed by atoms with Crippen LogP contribution in [0.5, 0.6) is 0 Å². The average molecular weight is 194 g/mol. The molecular formula is C14H10O. The van der Waals surface area contributed by atoms with Gasteiger partial charge in [-0.3, -0.25) is 0 Å². The Kier molecular flexibility index (Phi) is 1.82. The van der Waals surface area contributed by atoms with E-state index in [1.807, 2.05) is 36.4 Å². The van der Waals surface area contributed by atoms with Crippen LogP contribution >= 0.6 is 0 Å². The maximum atomic E-state index is 5.52. The van der Waals surface area contributed by atoms with Crippen molar-refractivity contribution in [2.45, 2.75) is 0 Å². The molecule has 1 heteroatoms. The third-order valence-corrected chi connectivity index (χ3v) is 2.44. The van der Waals surface area contributed by atoms with Gasteiger partial charge in [-0.25, -0.2) is 0 Å². The van der Waals surface area contributed by atoms with Crippen molar-refractivity contribution in [1.29, 1.82) is 0 Å². The van der Waals surface area contributed by atoms with Crippen molar-refractivity contribution in [3.8, 4) is 0 Å². The zero-order valence-electron chi connectivity index (χ0n) is 8.18. The van der Waals surface area contributed by atoms with E-state index < -0.39 is 0 Å². The molecule has 0 unspecified atom stereocenters. The molecule has 0 radical (unpaired) electrons. The van der Waals surface area contributed by atoms with Gasteiger partial charge < -0.3 is 4.74 Å². The average Bonchev–Trinajstić information content (AvgIpc) is 3.11. The van der Waals surface area contributed by atoms with Crippen molar-refractivity contribution in [2.75, 3.05) is 0 Å². The Bertz CT molecular complexity index is 450. The molecule has 0 saturated heterocycles. The molecule has 0 aliphatic carbocycles. The molecule has 0 amide bonds. The van der Waals surface area contributed by atoms with E-state index in [4.69, 9.17) is 4.74 Å². The van der Waals surface area contributed by atoms with Gasteiger partial charge in [-0.05, 0) is 0 Å². The maximum absolute atomic E-state index is 5.52. The van der Waals surface area contributed by atoms with Crippen LogP contribution in [0.3, 0.4) is 0 Å². The molecule has 72 valence electrons. The number of hydrogen-bond donors (Lipinski definition) is 0. The first-order valence-corrected chi connectivity index (χ1v) is 4.98. The summed E-state index contributed by atoms with van der Waals surface area (Å²) in [6, 6.07) is 20.3. The molecule has 0 bridgehead atoms. The summed E-state index contributed by atoms with van der Waals surface area (Å²) in [6.07, 6.45) is 0. The molecule has 0 aromatic heterocycles. The quantitative estimate of drug-likeness (QED) is 0.712. The van der Waals surface area contributed by atoms with E-state index in [-0.39, 0.29) is 0 Å². The van der Waals surface area contributed by atoms with Gasteiger partial charge in [0.2, 0.25) is 0 Å². The lowest BCUT2D eigenvalue weighted by Crippen LogP contribution is -1.70. The van der Waals surface area contributed by atoms with E-state index in [1.165, 1.54) is 0 Å². The second-order valence-electron chi connectivity index (χ2n) is 3.49. The van der Waals surface area contributed by atoms with Crippen LogP contribution in [0.1, 0.15) is 11.1 Å². The smallest absolute Gasteiger partial charge is 0.178 e. The van der Waals surface area contributed by atoms with Gasteiger partial charge >= 0.3 is 0 Å². The molecule has 3 rings (SSSR count). The van der Waals surface area contributed by atoms with Crippen molar-refractivity contribution >= 4 is 11.5 Å². The highest BCUT2D eigenvalue weighted by Crippen LogP contribution is 2.42. The molecule has 2 aromatic rings. The van der Waals surface area contributed by atoms with Crippen LogP contribution < -0.4 is 0 Å². The summed E-state index contributed by atoms with van der Waals surface area (Å²) in [5.74, 6) is 2.00. The summed E-state index contributed by atoms with van der Waals surface area (Å²) in [6.45, 7) is 0. The van der Waals surface area contributed by atoms with Crippen LogP contribution in [0.15, 0.2) is 60.7 Å². The van der Waals surface area contributed by atoms with Crippen LogP contribution in [0.4, 0.5) is 0 Å². The highest BCUT2D eigenvalue weighted by atomic mass is 16.6. The molecule has 0 saturated carbocycles. The van der Waals surface area contributed by atoms with E-state index in [9.17, 15) is 0 Å². The Morgan fingerprint density at radius 3 is 1.33 bits per heavy atom. The molecule has 1 aliphatic heterocycles. The van der Waals surface area contributed by atoms with E-state index in [2.05, 4.69) is 24.3 Å². The molecule has 0 spiro atoms. The van der Waals surface area contributed by atoms with E-state index in [0.717, 1.165) is 22.6 Å². The standard InChI is InChI=1S/C14H10O/c1-3-7-11(8-4-1)13-14(15-13)12-9-5-2-6-10-12/h1-10H. The minimum Gasteiger partial charge on any atom is -0.448 e. The molecule has 1 heterocycles. The van der Waals surface area contributed by atoms with Gasteiger partial charge in [-0.2, -0.15) is 0 Å². The second kappa shape index (κ2) is 3.28. The summed E-state index contributed by atoms with van der Waals surface area (Å²) in [4.78, 5) is 0. The van der Waals surface area contributed by atoms with Crippen molar-refractivity contribution in [2.24, 2.45) is 0 Å². The first-order valence-electron chi connectivity index (χ1n) is 4.98. The monoisotopic (exact) mass is 194 g/mol.